The molecule has 1 aliphatic heterocycles. The van der Waals surface area contributed by atoms with E-state index in [2.05, 4.69) is 66.6 Å². The van der Waals surface area contributed by atoms with Gasteiger partial charge in [-0.3, -0.25) is 4.98 Å². The minimum atomic E-state index is 0. The molecule has 0 fully saturated rings. The maximum absolute atomic E-state index is 4.74. The van der Waals surface area contributed by atoms with E-state index in [9.17, 15) is 0 Å². The highest BCUT2D eigenvalue weighted by atomic mass is 32.1. The second-order valence-corrected chi connectivity index (χ2v) is 6.28. The summed E-state index contributed by atoms with van der Waals surface area (Å²) >= 11 is 1.64. The van der Waals surface area contributed by atoms with Crippen molar-refractivity contribution in [3.8, 4) is 11.1 Å². The zero-order valence-corrected chi connectivity index (χ0v) is 14.9. The largest absolute Gasteiger partial charge is 0.338 e. The highest BCUT2D eigenvalue weighted by molar-refractivity contribution is 7.14. The summed E-state index contributed by atoms with van der Waals surface area (Å²) in [5, 5.41) is 6.44. The average molecular weight is 347 g/mol. The monoisotopic (exact) mass is 347 g/mol. The minimum Gasteiger partial charge on any atom is -0.338 e. The topological polar surface area (TPSA) is 37.3 Å². The lowest BCUT2D eigenvalue weighted by Gasteiger charge is -2.18. The Morgan fingerprint density at radius 3 is 2.52 bits per heavy atom. The maximum atomic E-state index is 4.74. The SMILES string of the molecule is C=C.C=C1NC(c2ccccn2)=Nc2scc(-c3ccccc3C)c21.[HH]. The Balaban J connectivity index is 0.000000784. The second-order valence-electron chi connectivity index (χ2n) is 5.42. The lowest BCUT2D eigenvalue weighted by molar-refractivity contribution is 1.19. The number of pyridine rings is 1. The zero-order chi connectivity index (χ0) is 17.8. The Kier molecular flexibility index (Phi) is 4.91. The summed E-state index contributed by atoms with van der Waals surface area (Å²) in [4.78, 5) is 9.10. The summed E-state index contributed by atoms with van der Waals surface area (Å²) in [6.07, 6.45) is 1.77. The molecule has 0 aliphatic carbocycles. The number of benzene rings is 1. The first-order valence-corrected chi connectivity index (χ1v) is 8.76. The van der Waals surface area contributed by atoms with Gasteiger partial charge in [0.25, 0.3) is 0 Å². The van der Waals surface area contributed by atoms with Crippen molar-refractivity contribution in [1.29, 1.82) is 0 Å². The quantitative estimate of drug-likeness (QED) is 0.593. The number of aryl methyl sites for hydroxylation is 1. The van der Waals surface area contributed by atoms with Crippen molar-refractivity contribution in [2.45, 2.75) is 6.92 Å². The molecule has 126 valence electrons. The third-order valence-electron chi connectivity index (χ3n) is 3.90. The third kappa shape index (κ3) is 3.16. The molecule has 0 spiro atoms. The number of rotatable bonds is 2. The molecule has 1 aromatic carbocycles. The van der Waals surface area contributed by atoms with Gasteiger partial charge < -0.3 is 5.32 Å². The lowest BCUT2D eigenvalue weighted by atomic mass is 9.97. The van der Waals surface area contributed by atoms with Crippen molar-refractivity contribution in [2.24, 2.45) is 4.99 Å². The van der Waals surface area contributed by atoms with Crippen LogP contribution in [0.4, 0.5) is 5.00 Å². The molecule has 0 saturated carbocycles. The number of hydrogen-bond acceptors (Lipinski definition) is 4. The van der Waals surface area contributed by atoms with Crippen LogP contribution in [0.3, 0.4) is 0 Å². The molecule has 4 rings (SSSR count). The zero-order valence-electron chi connectivity index (χ0n) is 14.1. The minimum absolute atomic E-state index is 0. The number of aromatic nitrogens is 1. The molecular weight excluding hydrogens is 326 g/mol. The Hall–Kier alpha value is -2.98. The third-order valence-corrected chi connectivity index (χ3v) is 4.77. The molecule has 1 N–H and O–H groups in total. The van der Waals surface area contributed by atoms with Gasteiger partial charge in [0.2, 0.25) is 0 Å². The molecule has 4 heteroatoms. The van der Waals surface area contributed by atoms with Gasteiger partial charge in [-0.15, -0.1) is 24.5 Å². The predicted molar refractivity (Wildman–Crippen MR) is 110 cm³/mol. The van der Waals surface area contributed by atoms with Gasteiger partial charge in [-0.2, -0.15) is 0 Å². The molecular formula is C21H21N3S. The van der Waals surface area contributed by atoms with E-state index in [0.29, 0.717) is 0 Å². The fourth-order valence-corrected chi connectivity index (χ4v) is 3.72. The number of aliphatic imine (C=N–C) groups is 1. The van der Waals surface area contributed by atoms with Gasteiger partial charge in [-0.05, 0) is 30.2 Å². The molecule has 2 aromatic heterocycles. The Morgan fingerprint density at radius 2 is 1.80 bits per heavy atom. The second kappa shape index (κ2) is 7.28. The van der Waals surface area contributed by atoms with Crippen LogP contribution >= 0.6 is 11.3 Å². The van der Waals surface area contributed by atoms with E-state index in [4.69, 9.17) is 4.99 Å². The van der Waals surface area contributed by atoms with Crippen molar-refractivity contribution >= 4 is 27.9 Å². The van der Waals surface area contributed by atoms with E-state index in [1.165, 1.54) is 16.7 Å². The number of fused-ring (bicyclic) bond motifs is 1. The van der Waals surface area contributed by atoms with Gasteiger partial charge in [0.15, 0.2) is 5.84 Å². The van der Waals surface area contributed by atoms with Gasteiger partial charge >= 0.3 is 0 Å². The van der Waals surface area contributed by atoms with Crippen molar-refractivity contribution in [1.82, 2.24) is 10.3 Å². The summed E-state index contributed by atoms with van der Waals surface area (Å²) in [7, 11) is 0. The van der Waals surface area contributed by atoms with Gasteiger partial charge in [-0.25, -0.2) is 4.99 Å². The summed E-state index contributed by atoms with van der Waals surface area (Å²) < 4.78 is 0. The molecule has 0 atom stereocenters. The maximum Gasteiger partial charge on any atom is 0.158 e. The van der Waals surface area contributed by atoms with E-state index in [1.54, 1.807) is 17.5 Å². The molecule has 0 saturated heterocycles. The molecule has 0 radical (unpaired) electrons. The standard InChI is InChI=1S/C19H15N3S.C2H4.H2/c1-12-7-3-4-8-14(12)15-11-23-19-17(15)13(2)21-18(22-19)16-9-5-6-10-20-16;1-2;/h3-11H,2H2,1H3,(H,21,22);1-2H2;1H. The van der Waals surface area contributed by atoms with Crippen LogP contribution in [0.25, 0.3) is 16.8 Å². The van der Waals surface area contributed by atoms with Crippen molar-refractivity contribution in [3.63, 3.8) is 0 Å². The molecule has 0 amide bonds. The van der Waals surface area contributed by atoms with Gasteiger partial charge in [0, 0.05) is 29.8 Å². The number of nitrogens with one attached hydrogen (secondary N) is 1. The first-order valence-electron chi connectivity index (χ1n) is 7.88. The van der Waals surface area contributed by atoms with Crippen molar-refractivity contribution in [3.05, 3.63) is 90.6 Å². The molecule has 3 heterocycles. The van der Waals surface area contributed by atoms with Crippen LogP contribution in [0, 0.1) is 6.92 Å². The van der Waals surface area contributed by atoms with Gasteiger partial charge in [-0.1, -0.05) is 36.9 Å². The van der Waals surface area contributed by atoms with Gasteiger partial charge in [0.1, 0.15) is 10.7 Å². The smallest absolute Gasteiger partial charge is 0.158 e. The summed E-state index contributed by atoms with van der Waals surface area (Å²) in [6.45, 7) is 12.3. The molecule has 3 nitrogen and oxygen atoms in total. The van der Waals surface area contributed by atoms with Crippen LogP contribution in [0.5, 0.6) is 0 Å². The van der Waals surface area contributed by atoms with Gasteiger partial charge in [0.05, 0.1) is 0 Å². The first-order chi connectivity index (χ1) is 12.2. The highest BCUT2D eigenvalue weighted by Gasteiger charge is 2.23. The number of thiophene rings is 1. The lowest BCUT2D eigenvalue weighted by Crippen LogP contribution is -2.25. The van der Waals surface area contributed by atoms with Crippen molar-refractivity contribution < 1.29 is 1.43 Å². The fourth-order valence-electron chi connectivity index (χ4n) is 2.75. The Bertz CT molecular complexity index is 945. The molecule has 25 heavy (non-hydrogen) atoms. The normalized spacial score (nSPS) is 12.4. The van der Waals surface area contributed by atoms with Crippen LogP contribution < -0.4 is 5.32 Å². The average Bonchev–Trinajstić information content (AvgIpc) is 3.09. The molecule has 1 aliphatic rings. The van der Waals surface area contributed by atoms with Crippen LogP contribution in [0.2, 0.25) is 0 Å². The van der Waals surface area contributed by atoms with E-state index >= 15 is 0 Å². The first kappa shape index (κ1) is 16.9. The Labute approximate surface area is 153 Å². The van der Waals surface area contributed by atoms with E-state index in [-0.39, 0.29) is 1.43 Å². The van der Waals surface area contributed by atoms with Crippen LogP contribution in [0.15, 0.2) is 78.8 Å². The Morgan fingerprint density at radius 1 is 1.04 bits per heavy atom. The van der Waals surface area contributed by atoms with Crippen molar-refractivity contribution in [2.75, 3.05) is 0 Å². The van der Waals surface area contributed by atoms with E-state index in [1.807, 2.05) is 18.2 Å². The van der Waals surface area contributed by atoms with Crippen LogP contribution in [-0.4, -0.2) is 10.8 Å². The molecule has 0 bridgehead atoms. The fraction of sp³-hybridized carbons (Fsp3) is 0.0476. The number of nitrogens with zero attached hydrogens (tertiary/aromatic N) is 2. The summed E-state index contributed by atoms with van der Waals surface area (Å²) in [5.41, 5.74) is 6.44. The number of hydrogen-bond donors (Lipinski definition) is 1. The number of amidine groups is 1. The summed E-state index contributed by atoms with van der Waals surface area (Å²) in [5.74, 6) is 0.751. The highest BCUT2D eigenvalue weighted by Crippen LogP contribution is 2.43. The van der Waals surface area contributed by atoms with Crippen LogP contribution in [0.1, 0.15) is 18.2 Å². The van der Waals surface area contributed by atoms with Crippen LogP contribution in [-0.2, 0) is 0 Å². The summed E-state index contributed by atoms with van der Waals surface area (Å²) in [6, 6.07) is 14.2. The predicted octanol–water partition coefficient (Wildman–Crippen LogP) is 5.82. The van der Waals surface area contributed by atoms with E-state index < -0.39 is 0 Å². The van der Waals surface area contributed by atoms with E-state index in [0.717, 1.165) is 27.8 Å². The molecule has 0 unspecified atom stereocenters. The molecule has 3 aromatic rings.